The summed E-state index contributed by atoms with van der Waals surface area (Å²) in [5.74, 6) is 1.78. The Kier molecular flexibility index (Phi) is 4.00. The van der Waals surface area contributed by atoms with Gasteiger partial charge in [0.2, 0.25) is 0 Å². The first-order chi connectivity index (χ1) is 7.77. The molecule has 0 bridgehead atoms. The Labute approximate surface area is 99.3 Å². The molecule has 2 rings (SSSR count). The number of rotatable bonds is 3. The predicted octanol–water partition coefficient (Wildman–Crippen LogP) is 2.57. The van der Waals surface area contributed by atoms with Crippen LogP contribution in [0.4, 0.5) is 0 Å². The Morgan fingerprint density at radius 2 is 1.88 bits per heavy atom. The molecule has 1 nitrogen and oxygen atoms in total. The van der Waals surface area contributed by atoms with Gasteiger partial charge in [-0.1, -0.05) is 44.2 Å². The molecule has 1 aromatic rings. The minimum Gasteiger partial charge on any atom is -0.340 e. The van der Waals surface area contributed by atoms with Crippen LogP contribution >= 0.6 is 0 Å². The Hall–Kier alpha value is -0.820. The van der Waals surface area contributed by atoms with Gasteiger partial charge in [-0.3, -0.25) is 0 Å². The number of nitrogens with two attached hydrogens (primary N) is 1. The summed E-state index contributed by atoms with van der Waals surface area (Å²) in [6.45, 7) is 5.98. The number of hydrogen-bond donors (Lipinski definition) is 1. The van der Waals surface area contributed by atoms with E-state index in [2.05, 4.69) is 49.5 Å². The van der Waals surface area contributed by atoms with Gasteiger partial charge >= 0.3 is 0 Å². The SMILES string of the molecule is C[C@@H]1[C@H](C)CCC[C@@H]1[NH2+]Cc1ccccc1. The highest BCUT2D eigenvalue weighted by atomic mass is 14.9. The van der Waals surface area contributed by atoms with Crippen molar-refractivity contribution in [3.05, 3.63) is 35.9 Å². The largest absolute Gasteiger partial charge is 0.340 e. The minimum atomic E-state index is 0.837. The van der Waals surface area contributed by atoms with Gasteiger partial charge in [-0.05, 0) is 25.2 Å². The number of benzene rings is 1. The summed E-state index contributed by atoms with van der Waals surface area (Å²) in [5, 5.41) is 2.55. The van der Waals surface area contributed by atoms with Crippen LogP contribution < -0.4 is 5.32 Å². The van der Waals surface area contributed by atoms with Crippen LogP contribution in [0.2, 0.25) is 0 Å². The van der Waals surface area contributed by atoms with E-state index >= 15 is 0 Å². The molecule has 1 aromatic carbocycles. The van der Waals surface area contributed by atoms with Crippen molar-refractivity contribution in [1.29, 1.82) is 0 Å². The fraction of sp³-hybridized carbons (Fsp3) is 0.600. The maximum absolute atomic E-state index is 2.55. The standard InChI is InChI=1S/C15H23N/c1-12-7-6-10-15(13(12)2)16-11-14-8-4-3-5-9-14/h3-5,8-9,12-13,15-16H,6-7,10-11H2,1-2H3/p+1/t12-,13-,15+/m1/s1. The predicted molar refractivity (Wildman–Crippen MR) is 68.0 cm³/mol. The normalized spacial score (nSPS) is 30.2. The fourth-order valence-electron chi connectivity index (χ4n) is 2.86. The van der Waals surface area contributed by atoms with Gasteiger partial charge in [-0.15, -0.1) is 0 Å². The third-order valence-electron chi connectivity index (χ3n) is 4.27. The topological polar surface area (TPSA) is 16.6 Å². The summed E-state index contributed by atoms with van der Waals surface area (Å²) in [5.41, 5.74) is 1.45. The first-order valence-electron chi connectivity index (χ1n) is 6.64. The summed E-state index contributed by atoms with van der Waals surface area (Å²) >= 11 is 0. The molecule has 0 unspecified atom stereocenters. The van der Waals surface area contributed by atoms with Gasteiger partial charge in [-0.25, -0.2) is 0 Å². The zero-order chi connectivity index (χ0) is 11.4. The zero-order valence-electron chi connectivity index (χ0n) is 10.5. The van der Waals surface area contributed by atoms with Crippen molar-refractivity contribution in [2.24, 2.45) is 11.8 Å². The Bertz CT molecular complexity index is 306. The third kappa shape index (κ3) is 2.85. The van der Waals surface area contributed by atoms with Crippen molar-refractivity contribution in [3.63, 3.8) is 0 Å². The molecular formula is C15H24N+. The van der Waals surface area contributed by atoms with E-state index in [9.17, 15) is 0 Å². The lowest BCUT2D eigenvalue weighted by Gasteiger charge is -2.32. The molecule has 1 saturated carbocycles. The fourth-order valence-corrected chi connectivity index (χ4v) is 2.86. The quantitative estimate of drug-likeness (QED) is 0.803. The molecule has 0 spiro atoms. The molecule has 2 N–H and O–H groups in total. The van der Waals surface area contributed by atoms with Crippen LogP contribution in [-0.4, -0.2) is 6.04 Å². The molecule has 0 aliphatic heterocycles. The maximum atomic E-state index is 2.55. The molecule has 0 heterocycles. The first kappa shape index (κ1) is 11.7. The summed E-state index contributed by atoms with van der Waals surface area (Å²) in [6, 6.07) is 11.7. The van der Waals surface area contributed by atoms with E-state index in [-0.39, 0.29) is 0 Å². The van der Waals surface area contributed by atoms with E-state index < -0.39 is 0 Å². The van der Waals surface area contributed by atoms with Crippen LogP contribution in [0.1, 0.15) is 38.7 Å². The molecule has 0 saturated heterocycles. The lowest BCUT2D eigenvalue weighted by atomic mass is 9.78. The zero-order valence-corrected chi connectivity index (χ0v) is 10.5. The van der Waals surface area contributed by atoms with E-state index in [1.165, 1.54) is 24.8 Å². The Morgan fingerprint density at radius 3 is 2.62 bits per heavy atom. The van der Waals surface area contributed by atoms with E-state index in [1.54, 1.807) is 0 Å². The molecule has 0 radical (unpaired) electrons. The van der Waals surface area contributed by atoms with Crippen molar-refractivity contribution in [3.8, 4) is 0 Å². The summed E-state index contributed by atoms with van der Waals surface area (Å²) in [4.78, 5) is 0. The van der Waals surface area contributed by atoms with Crippen molar-refractivity contribution >= 4 is 0 Å². The van der Waals surface area contributed by atoms with Gasteiger partial charge in [0.25, 0.3) is 0 Å². The van der Waals surface area contributed by atoms with Crippen LogP contribution in [0, 0.1) is 11.8 Å². The van der Waals surface area contributed by atoms with Crippen LogP contribution in [0.25, 0.3) is 0 Å². The van der Waals surface area contributed by atoms with Gasteiger partial charge in [0.1, 0.15) is 6.54 Å². The van der Waals surface area contributed by atoms with E-state index in [0.717, 1.165) is 24.4 Å². The molecule has 1 aliphatic carbocycles. The maximum Gasteiger partial charge on any atom is 0.101 e. The minimum absolute atomic E-state index is 0.837. The molecule has 88 valence electrons. The molecule has 0 aromatic heterocycles. The second kappa shape index (κ2) is 5.49. The highest BCUT2D eigenvalue weighted by Crippen LogP contribution is 2.27. The lowest BCUT2D eigenvalue weighted by Crippen LogP contribution is -2.90. The molecule has 1 aliphatic rings. The average Bonchev–Trinajstić information content (AvgIpc) is 2.32. The van der Waals surface area contributed by atoms with Crippen molar-refractivity contribution in [1.82, 2.24) is 0 Å². The molecular weight excluding hydrogens is 194 g/mol. The lowest BCUT2D eigenvalue weighted by molar-refractivity contribution is -0.713. The van der Waals surface area contributed by atoms with Crippen LogP contribution in [0.5, 0.6) is 0 Å². The van der Waals surface area contributed by atoms with Crippen LogP contribution in [-0.2, 0) is 6.54 Å². The van der Waals surface area contributed by atoms with Gasteiger partial charge in [-0.2, -0.15) is 0 Å². The monoisotopic (exact) mass is 218 g/mol. The van der Waals surface area contributed by atoms with Gasteiger partial charge in [0.05, 0.1) is 6.04 Å². The third-order valence-corrected chi connectivity index (χ3v) is 4.27. The van der Waals surface area contributed by atoms with Crippen molar-refractivity contribution in [2.75, 3.05) is 0 Å². The van der Waals surface area contributed by atoms with Crippen LogP contribution in [0.15, 0.2) is 30.3 Å². The number of quaternary nitrogens is 1. The van der Waals surface area contributed by atoms with Gasteiger partial charge in [0, 0.05) is 11.5 Å². The van der Waals surface area contributed by atoms with E-state index in [0.29, 0.717) is 0 Å². The van der Waals surface area contributed by atoms with Gasteiger partial charge in [0.15, 0.2) is 0 Å². The summed E-state index contributed by atoms with van der Waals surface area (Å²) in [7, 11) is 0. The van der Waals surface area contributed by atoms with Crippen molar-refractivity contribution in [2.45, 2.75) is 45.7 Å². The number of hydrogen-bond acceptors (Lipinski definition) is 0. The van der Waals surface area contributed by atoms with Crippen LogP contribution in [0.3, 0.4) is 0 Å². The smallest absolute Gasteiger partial charge is 0.101 e. The van der Waals surface area contributed by atoms with Crippen molar-refractivity contribution < 1.29 is 5.32 Å². The molecule has 0 amide bonds. The molecule has 3 atom stereocenters. The van der Waals surface area contributed by atoms with E-state index in [4.69, 9.17) is 0 Å². The molecule has 16 heavy (non-hydrogen) atoms. The Morgan fingerprint density at radius 1 is 1.12 bits per heavy atom. The molecule has 1 heteroatoms. The second-order valence-corrected chi connectivity index (χ2v) is 5.36. The first-order valence-corrected chi connectivity index (χ1v) is 6.64. The Balaban J connectivity index is 1.85. The second-order valence-electron chi connectivity index (χ2n) is 5.36. The average molecular weight is 218 g/mol. The highest BCUT2D eigenvalue weighted by Gasteiger charge is 2.29. The highest BCUT2D eigenvalue weighted by molar-refractivity contribution is 5.13. The summed E-state index contributed by atoms with van der Waals surface area (Å²) < 4.78 is 0. The van der Waals surface area contributed by atoms with E-state index in [1.807, 2.05) is 0 Å². The molecule has 1 fully saturated rings. The summed E-state index contributed by atoms with van der Waals surface area (Å²) in [6.07, 6.45) is 4.25. The van der Waals surface area contributed by atoms with Gasteiger partial charge < -0.3 is 5.32 Å².